The Hall–Kier alpha value is -1.62. The first-order valence-electron chi connectivity index (χ1n) is 8.74. The van der Waals surface area contributed by atoms with Crippen molar-refractivity contribution in [2.45, 2.75) is 32.8 Å². The van der Waals surface area contributed by atoms with Crippen LogP contribution in [0.3, 0.4) is 0 Å². The number of phenols is 1. The minimum Gasteiger partial charge on any atom is -0.506 e. The average molecular weight is 604 g/mol. The van der Waals surface area contributed by atoms with E-state index in [0.29, 0.717) is 35.7 Å². The minimum atomic E-state index is -0.433. The van der Waals surface area contributed by atoms with E-state index in [2.05, 4.69) is 0 Å². The Morgan fingerprint density at radius 3 is 2.46 bits per heavy atom. The number of aromatic hydroxyl groups is 1. The monoisotopic (exact) mass is 604 g/mol. The maximum atomic E-state index is 13.3. The van der Waals surface area contributed by atoms with E-state index in [9.17, 15) is 14.7 Å². The minimum absolute atomic E-state index is 0.119. The molecule has 7 heteroatoms. The molecule has 0 radical (unpaired) electrons. The first-order chi connectivity index (χ1) is 13.3. The van der Waals surface area contributed by atoms with E-state index in [1.807, 2.05) is 71.2 Å². The van der Waals surface area contributed by atoms with E-state index < -0.39 is 5.97 Å². The Morgan fingerprint density at radius 1 is 1.18 bits per heavy atom. The molecule has 0 amide bonds. The van der Waals surface area contributed by atoms with Crippen molar-refractivity contribution in [2.75, 3.05) is 0 Å². The van der Waals surface area contributed by atoms with Crippen LogP contribution in [0.25, 0.3) is 11.0 Å². The van der Waals surface area contributed by atoms with Gasteiger partial charge in [0.15, 0.2) is 5.78 Å². The maximum Gasteiger partial charge on any atom is 0.313 e. The molecular formula is C21H18I2O5. The predicted octanol–water partition coefficient (Wildman–Crippen LogP) is 5.46. The van der Waals surface area contributed by atoms with Crippen molar-refractivity contribution in [3.8, 4) is 5.75 Å². The second-order valence-electron chi connectivity index (χ2n) is 6.40. The van der Waals surface area contributed by atoms with Crippen molar-refractivity contribution in [3.05, 3.63) is 60.4 Å². The van der Waals surface area contributed by atoms with Crippen LogP contribution in [0.2, 0.25) is 0 Å². The summed E-state index contributed by atoms with van der Waals surface area (Å²) in [7, 11) is 0. The van der Waals surface area contributed by atoms with Crippen molar-refractivity contribution in [2.24, 2.45) is 0 Å². The molecule has 1 aromatic heterocycles. The molecule has 0 fully saturated rings. The number of hydrogen-bond acceptors (Lipinski definition) is 5. The van der Waals surface area contributed by atoms with E-state index in [0.717, 1.165) is 0 Å². The fraction of sp³-hybridized carbons (Fsp3) is 0.238. The average Bonchev–Trinajstić information content (AvgIpc) is 3.02. The molecule has 0 spiro atoms. The number of carbonyl (C=O) groups is 2. The summed E-state index contributed by atoms with van der Waals surface area (Å²) in [5.74, 6) is -0.255. The van der Waals surface area contributed by atoms with Crippen LogP contribution in [0.4, 0.5) is 0 Å². The van der Waals surface area contributed by atoms with Crippen LogP contribution in [0, 0.1) is 7.14 Å². The van der Waals surface area contributed by atoms with E-state index in [1.54, 1.807) is 24.3 Å². The zero-order chi connectivity index (χ0) is 20.4. The fourth-order valence-corrected chi connectivity index (χ4v) is 4.56. The molecule has 0 aliphatic heterocycles. The Bertz CT molecular complexity index is 1030. The Balaban J connectivity index is 2.06. The molecule has 3 rings (SSSR count). The van der Waals surface area contributed by atoms with Gasteiger partial charge in [-0.25, -0.2) is 0 Å². The number of ketones is 1. The van der Waals surface area contributed by atoms with Crippen LogP contribution in [0.1, 0.15) is 41.9 Å². The van der Waals surface area contributed by atoms with Crippen LogP contribution in [-0.2, 0) is 16.0 Å². The van der Waals surface area contributed by atoms with Crippen molar-refractivity contribution >= 4 is 67.9 Å². The van der Waals surface area contributed by atoms with Gasteiger partial charge in [-0.2, -0.15) is 0 Å². The van der Waals surface area contributed by atoms with Gasteiger partial charge in [-0.15, -0.1) is 0 Å². The molecule has 0 saturated carbocycles. The topological polar surface area (TPSA) is 76.7 Å². The number of ether oxygens (including phenoxy) is 1. The summed E-state index contributed by atoms with van der Waals surface area (Å²) < 4.78 is 12.3. The summed E-state index contributed by atoms with van der Waals surface area (Å²) in [6.07, 6.45) is 0.394. The second-order valence-corrected chi connectivity index (χ2v) is 8.72. The number of carbonyl (C=O) groups excluding carboxylic acids is 2. The number of benzene rings is 2. The molecule has 1 N–H and O–H groups in total. The van der Waals surface area contributed by atoms with Gasteiger partial charge >= 0.3 is 5.97 Å². The number of para-hydroxylation sites is 1. The first-order valence-corrected chi connectivity index (χ1v) is 10.9. The predicted molar refractivity (Wildman–Crippen MR) is 123 cm³/mol. The first kappa shape index (κ1) is 21.1. The van der Waals surface area contributed by atoms with Crippen molar-refractivity contribution < 1.29 is 23.8 Å². The van der Waals surface area contributed by atoms with E-state index >= 15 is 0 Å². The van der Waals surface area contributed by atoms with Gasteiger partial charge in [0.25, 0.3) is 0 Å². The molecule has 1 atom stereocenters. The highest BCUT2D eigenvalue weighted by atomic mass is 127. The van der Waals surface area contributed by atoms with Gasteiger partial charge in [0.05, 0.1) is 18.8 Å². The SMILES string of the molecule is CCC(C)OC(=O)Cc1oc2ccccc2c1C(=O)c1cc(I)c(O)c(I)c1. The molecule has 2 aromatic carbocycles. The third-order valence-corrected chi connectivity index (χ3v) is 6.03. The third-order valence-electron chi connectivity index (χ3n) is 4.39. The lowest BCUT2D eigenvalue weighted by Crippen LogP contribution is -2.17. The number of hydrogen-bond donors (Lipinski definition) is 1. The Labute approximate surface area is 189 Å². The molecular weight excluding hydrogens is 586 g/mol. The van der Waals surface area contributed by atoms with Crippen molar-refractivity contribution in [3.63, 3.8) is 0 Å². The van der Waals surface area contributed by atoms with Crippen LogP contribution in [0.5, 0.6) is 5.75 Å². The van der Waals surface area contributed by atoms with Crippen LogP contribution in [-0.4, -0.2) is 23.0 Å². The molecule has 0 aliphatic rings. The zero-order valence-electron chi connectivity index (χ0n) is 15.3. The highest BCUT2D eigenvalue weighted by molar-refractivity contribution is 14.1. The van der Waals surface area contributed by atoms with E-state index in [1.165, 1.54) is 0 Å². The van der Waals surface area contributed by atoms with Gasteiger partial charge in [-0.1, -0.05) is 25.1 Å². The standard InChI is InChI=1S/C21H18I2O5/c1-3-11(2)27-18(24)10-17-19(13-6-4-5-7-16(13)28-17)20(25)12-8-14(22)21(26)15(23)9-12/h4-9,11,26H,3,10H2,1-2H3. The molecule has 5 nitrogen and oxygen atoms in total. The zero-order valence-corrected chi connectivity index (χ0v) is 19.6. The summed E-state index contributed by atoms with van der Waals surface area (Å²) in [5.41, 5.74) is 1.32. The number of halogens is 2. The number of furan rings is 1. The molecule has 3 aromatic rings. The quantitative estimate of drug-likeness (QED) is 0.230. The summed E-state index contributed by atoms with van der Waals surface area (Å²) in [6.45, 7) is 3.76. The summed E-state index contributed by atoms with van der Waals surface area (Å²) in [4.78, 5) is 25.6. The van der Waals surface area contributed by atoms with Gasteiger partial charge in [-0.05, 0) is 76.7 Å². The second kappa shape index (κ2) is 8.81. The van der Waals surface area contributed by atoms with E-state index in [4.69, 9.17) is 9.15 Å². The lowest BCUT2D eigenvalue weighted by atomic mass is 9.99. The number of rotatable bonds is 6. The van der Waals surface area contributed by atoms with Crippen LogP contribution >= 0.6 is 45.2 Å². The van der Waals surface area contributed by atoms with Gasteiger partial charge in [-0.3, -0.25) is 9.59 Å². The summed E-state index contributed by atoms with van der Waals surface area (Å²) >= 11 is 3.97. The van der Waals surface area contributed by atoms with Gasteiger partial charge in [0, 0.05) is 10.9 Å². The fourth-order valence-electron chi connectivity index (χ4n) is 2.79. The van der Waals surface area contributed by atoms with Crippen LogP contribution < -0.4 is 0 Å². The van der Waals surface area contributed by atoms with Crippen LogP contribution in [0.15, 0.2) is 40.8 Å². The molecule has 0 saturated heterocycles. The summed E-state index contributed by atoms with van der Waals surface area (Å²) in [6, 6.07) is 10.5. The maximum absolute atomic E-state index is 13.3. The highest BCUT2D eigenvalue weighted by Gasteiger charge is 2.25. The highest BCUT2D eigenvalue weighted by Crippen LogP contribution is 2.32. The normalized spacial score (nSPS) is 12.1. The number of phenolic OH excluding ortho intramolecular Hbond substituents is 1. The van der Waals surface area contributed by atoms with Crippen molar-refractivity contribution in [1.29, 1.82) is 0 Å². The molecule has 146 valence electrons. The lowest BCUT2D eigenvalue weighted by molar-refractivity contribution is -0.147. The lowest BCUT2D eigenvalue weighted by Gasteiger charge is -2.10. The van der Waals surface area contributed by atoms with Gasteiger partial charge in [0.1, 0.15) is 23.5 Å². The number of esters is 1. The molecule has 1 unspecified atom stereocenters. The molecule has 0 bridgehead atoms. The van der Waals surface area contributed by atoms with Gasteiger partial charge < -0.3 is 14.3 Å². The Kier molecular flexibility index (Phi) is 6.64. The smallest absolute Gasteiger partial charge is 0.313 e. The van der Waals surface area contributed by atoms with Crippen molar-refractivity contribution in [1.82, 2.24) is 0 Å². The molecule has 1 heterocycles. The van der Waals surface area contributed by atoms with Gasteiger partial charge in [0.2, 0.25) is 0 Å². The van der Waals surface area contributed by atoms with E-state index in [-0.39, 0.29) is 29.8 Å². The largest absolute Gasteiger partial charge is 0.506 e. The third kappa shape index (κ3) is 4.35. The molecule has 28 heavy (non-hydrogen) atoms. The number of fused-ring (bicyclic) bond motifs is 1. The molecule has 0 aliphatic carbocycles. The summed E-state index contributed by atoms with van der Waals surface area (Å²) in [5, 5.41) is 10.6. The Morgan fingerprint density at radius 2 is 1.82 bits per heavy atom.